The predicted octanol–water partition coefficient (Wildman–Crippen LogP) is 5.35. The van der Waals surface area contributed by atoms with Crippen LogP contribution in [0.2, 0.25) is 0 Å². The third-order valence-corrected chi connectivity index (χ3v) is 5.56. The van der Waals surface area contributed by atoms with E-state index in [0.29, 0.717) is 24.4 Å². The molecule has 2 aromatic carbocycles. The van der Waals surface area contributed by atoms with Crippen LogP contribution in [-0.4, -0.2) is 29.3 Å². The first-order valence-corrected chi connectivity index (χ1v) is 10.5. The normalized spacial score (nSPS) is 14.7. The molecule has 1 aromatic heterocycles. The summed E-state index contributed by atoms with van der Waals surface area (Å²) in [7, 11) is 3.27. The average molecular weight is 418 g/mol. The number of benzene rings is 2. The van der Waals surface area contributed by atoms with Crippen LogP contribution in [0.4, 0.5) is 5.82 Å². The Morgan fingerprint density at radius 1 is 0.968 bits per heavy atom. The number of aromatic nitrogens is 2. The standard InChI is InChI=1S/C25H27N3O3/c1-5-19-23(18-12-11-16(30-3)14-22(18)31-4)26-20(6-2)25(27-19)28-24-17-10-8-7-9-15(17)13-21(24)29/h7-14,24,29H,5-6H2,1-4H3,(H,27,28)/t24-/m1/s1. The molecule has 6 heteroatoms. The van der Waals surface area contributed by atoms with E-state index in [1.165, 1.54) is 0 Å². The highest BCUT2D eigenvalue weighted by atomic mass is 16.5. The fraction of sp³-hybridized carbons (Fsp3) is 0.280. The predicted molar refractivity (Wildman–Crippen MR) is 123 cm³/mol. The zero-order chi connectivity index (χ0) is 22.0. The van der Waals surface area contributed by atoms with Crippen LogP contribution in [0.1, 0.15) is 42.4 Å². The highest BCUT2D eigenvalue weighted by molar-refractivity contribution is 5.72. The molecular weight excluding hydrogens is 390 g/mol. The highest BCUT2D eigenvalue weighted by Gasteiger charge is 2.26. The van der Waals surface area contributed by atoms with Gasteiger partial charge in [0, 0.05) is 11.6 Å². The third-order valence-electron chi connectivity index (χ3n) is 5.56. The van der Waals surface area contributed by atoms with Gasteiger partial charge in [-0.15, -0.1) is 0 Å². The number of nitrogens with zero attached hydrogens (tertiary/aromatic N) is 2. The molecule has 1 atom stereocenters. The Balaban J connectivity index is 1.77. The van der Waals surface area contributed by atoms with E-state index in [1.54, 1.807) is 20.3 Å². The first-order chi connectivity index (χ1) is 15.1. The van der Waals surface area contributed by atoms with E-state index in [-0.39, 0.29) is 11.8 Å². The lowest BCUT2D eigenvalue weighted by Crippen LogP contribution is -2.15. The van der Waals surface area contributed by atoms with Crippen LogP contribution in [-0.2, 0) is 12.8 Å². The van der Waals surface area contributed by atoms with Crippen molar-refractivity contribution in [2.45, 2.75) is 32.7 Å². The van der Waals surface area contributed by atoms with E-state index < -0.39 is 0 Å². The molecule has 1 aliphatic rings. The number of aliphatic hydroxyl groups is 1. The van der Waals surface area contributed by atoms with E-state index in [4.69, 9.17) is 19.4 Å². The Morgan fingerprint density at radius 3 is 2.45 bits per heavy atom. The van der Waals surface area contributed by atoms with Crippen LogP contribution < -0.4 is 14.8 Å². The van der Waals surface area contributed by atoms with Crippen molar-refractivity contribution in [3.8, 4) is 22.8 Å². The maximum absolute atomic E-state index is 10.5. The molecule has 6 nitrogen and oxygen atoms in total. The van der Waals surface area contributed by atoms with Gasteiger partial charge in [0.05, 0.1) is 31.3 Å². The lowest BCUT2D eigenvalue weighted by Gasteiger charge is -2.20. The molecule has 4 rings (SSSR count). The quantitative estimate of drug-likeness (QED) is 0.540. The molecule has 2 N–H and O–H groups in total. The summed E-state index contributed by atoms with van der Waals surface area (Å²) in [5.74, 6) is 2.39. The van der Waals surface area contributed by atoms with Gasteiger partial charge in [0.25, 0.3) is 0 Å². The Kier molecular flexibility index (Phi) is 5.80. The molecule has 0 amide bonds. The molecule has 0 unspecified atom stereocenters. The van der Waals surface area contributed by atoms with Gasteiger partial charge in [-0.25, -0.2) is 9.97 Å². The molecule has 1 aliphatic carbocycles. The summed E-state index contributed by atoms with van der Waals surface area (Å²) in [6.07, 6.45) is 3.20. The van der Waals surface area contributed by atoms with E-state index >= 15 is 0 Å². The summed E-state index contributed by atoms with van der Waals surface area (Å²) in [6, 6.07) is 13.3. The second-order valence-electron chi connectivity index (χ2n) is 7.36. The van der Waals surface area contributed by atoms with E-state index in [9.17, 15) is 5.11 Å². The van der Waals surface area contributed by atoms with E-state index in [1.807, 2.05) is 49.4 Å². The van der Waals surface area contributed by atoms with Crippen LogP contribution in [0.25, 0.3) is 17.3 Å². The summed E-state index contributed by atoms with van der Waals surface area (Å²) in [4.78, 5) is 9.90. The second kappa shape index (κ2) is 8.68. The van der Waals surface area contributed by atoms with Crippen molar-refractivity contribution in [2.24, 2.45) is 0 Å². The van der Waals surface area contributed by atoms with Crippen molar-refractivity contribution >= 4 is 11.9 Å². The number of aryl methyl sites for hydroxylation is 2. The van der Waals surface area contributed by atoms with Crippen molar-refractivity contribution in [1.82, 2.24) is 9.97 Å². The minimum absolute atomic E-state index is 0.281. The Morgan fingerprint density at radius 2 is 1.74 bits per heavy atom. The second-order valence-corrected chi connectivity index (χ2v) is 7.36. The molecule has 0 saturated heterocycles. The molecule has 0 bridgehead atoms. The van der Waals surface area contributed by atoms with Crippen molar-refractivity contribution in [1.29, 1.82) is 0 Å². The SMILES string of the molecule is CCc1nc(-c2ccc(OC)cc2OC)c(CC)nc1N[C@H]1C(O)=Cc2ccccc21. The smallest absolute Gasteiger partial charge is 0.148 e. The zero-order valence-electron chi connectivity index (χ0n) is 18.3. The Labute approximate surface area is 182 Å². The number of hydrogen-bond acceptors (Lipinski definition) is 6. The molecule has 3 aromatic rings. The van der Waals surface area contributed by atoms with Gasteiger partial charge in [-0.3, -0.25) is 0 Å². The van der Waals surface area contributed by atoms with E-state index in [0.717, 1.165) is 39.5 Å². The Bertz CT molecular complexity index is 1140. The number of methoxy groups -OCH3 is 2. The van der Waals surface area contributed by atoms with Crippen LogP contribution >= 0.6 is 0 Å². The largest absolute Gasteiger partial charge is 0.510 e. The fourth-order valence-electron chi connectivity index (χ4n) is 3.92. The van der Waals surface area contributed by atoms with Crippen LogP contribution in [0, 0.1) is 0 Å². The van der Waals surface area contributed by atoms with Gasteiger partial charge in [0.1, 0.15) is 29.1 Å². The van der Waals surface area contributed by atoms with Crippen molar-refractivity contribution < 1.29 is 14.6 Å². The number of aliphatic hydroxyl groups excluding tert-OH is 1. The average Bonchev–Trinajstić information content (AvgIpc) is 3.13. The molecule has 1 heterocycles. The molecule has 0 fully saturated rings. The lowest BCUT2D eigenvalue weighted by atomic mass is 10.0. The highest BCUT2D eigenvalue weighted by Crippen LogP contribution is 2.38. The van der Waals surface area contributed by atoms with Gasteiger partial charge in [-0.1, -0.05) is 38.1 Å². The fourth-order valence-corrected chi connectivity index (χ4v) is 3.92. The topological polar surface area (TPSA) is 76.5 Å². The third kappa shape index (κ3) is 3.81. The molecule has 0 spiro atoms. The van der Waals surface area contributed by atoms with Gasteiger partial charge < -0.3 is 19.9 Å². The summed E-state index contributed by atoms with van der Waals surface area (Å²) in [6.45, 7) is 4.11. The van der Waals surface area contributed by atoms with Crippen molar-refractivity contribution in [2.75, 3.05) is 19.5 Å². The number of fused-ring (bicyclic) bond motifs is 1. The first kappa shape index (κ1) is 20.7. The van der Waals surface area contributed by atoms with Crippen LogP contribution in [0.5, 0.6) is 11.5 Å². The molecule has 31 heavy (non-hydrogen) atoms. The van der Waals surface area contributed by atoms with Crippen molar-refractivity contribution in [3.63, 3.8) is 0 Å². The lowest BCUT2D eigenvalue weighted by molar-refractivity contribution is 0.387. The number of rotatable bonds is 7. The number of ether oxygens (including phenoxy) is 2. The Hall–Kier alpha value is -3.54. The van der Waals surface area contributed by atoms with Gasteiger partial charge >= 0.3 is 0 Å². The first-order valence-electron chi connectivity index (χ1n) is 10.5. The van der Waals surface area contributed by atoms with Crippen LogP contribution in [0.3, 0.4) is 0 Å². The van der Waals surface area contributed by atoms with Gasteiger partial charge in [-0.2, -0.15) is 0 Å². The summed E-state index contributed by atoms with van der Waals surface area (Å²) in [5.41, 5.74) is 5.42. The molecular formula is C25H27N3O3. The molecule has 0 aliphatic heterocycles. The van der Waals surface area contributed by atoms with Crippen molar-refractivity contribution in [3.05, 3.63) is 70.7 Å². The van der Waals surface area contributed by atoms with Gasteiger partial charge in [-0.05, 0) is 42.2 Å². The molecule has 0 radical (unpaired) electrons. The summed E-state index contributed by atoms with van der Waals surface area (Å²) >= 11 is 0. The van der Waals surface area contributed by atoms with E-state index in [2.05, 4.69) is 12.2 Å². The van der Waals surface area contributed by atoms with Gasteiger partial charge in [0.15, 0.2) is 0 Å². The minimum Gasteiger partial charge on any atom is -0.510 e. The molecule has 160 valence electrons. The maximum atomic E-state index is 10.5. The minimum atomic E-state index is -0.332. The van der Waals surface area contributed by atoms with Gasteiger partial charge in [0.2, 0.25) is 0 Å². The monoisotopic (exact) mass is 417 g/mol. The number of nitrogens with one attached hydrogen (secondary N) is 1. The molecule has 0 saturated carbocycles. The summed E-state index contributed by atoms with van der Waals surface area (Å²) < 4.78 is 10.9. The number of hydrogen-bond donors (Lipinski definition) is 2. The van der Waals surface area contributed by atoms with Crippen LogP contribution in [0.15, 0.2) is 48.2 Å². The maximum Gasteiger partial charge on any atom is 0.148 e. The summed E-state index contributed by atoms with van der Waals surface area (Å²) in [5, 5.41) is 14.0. The zero-order valence-corrected chi connectivity index (χ0v) is 18.3. The number of anilines is 1.